The first-order valence-electron chi connectivity index (χ1n) is 8.66. The van der Waals surface area contributed by atoms with Crippen LogP contribution < -0.4 is 11.2 Å². The maximum Gasteiger partial charge on any atom is 0.333 e. The Bertz CT molecular complexity index is 1120. The normalized spacial score (nSPS) is 17.2. The molecule has 0 amide bonds. The van der Waals surface area contributed by atoms with E-state index >= 15 is 0 Å². The molecular formula is C19H20N6O3. The Balaban J connectivity index is 1.84. The molecule has 1 aromatic carbocycles. The topological polar surface area (TPSA) is 114 Å². The Morgan fingerprint density at radius 3 is 2.36 bits per heavy atom. The molecule has 1 aromatic heterocycles. The number of nitrogens with zero attached hydrogens (tertiary/aromatic N) is 6. The van der Waals surface area contributed by atoms with Gasteiger partial charge in [-0.15, -0.1) is 5.11 Å². The van der Waals surface area contributed by atoms with E-state index in [4.69, 9.17) is 0 Å². The summed E-state index contributed by atoms with van der Waals surface area (Å²) in [4.78, 5) is 23.9. The molecule has 2 aromatic rings. The largest absolute Gasteiger partial charge is 0.493 e. The van der Waals surface area contributed by atoms with Crippen LogP contribution in [0.15, 0.2) is 83.9 Å². The molecule has 0 fully saturated rings. The van der Waals surface area contributed by atoms with Gasteiger partial charge in [0.25, 0.3) is 5.56 Å². The first kappa shape index (κ1) is 19.2. The van der Waals surface area contributed by atoms with E-state index in [1.807, 2.05) is 37.3 Å². The van der Waals surface area contributed by atoms with Crippen LogP contribution in [0.4, 0.5) is 11.4 Å². The quantitative estimate of drug-likeness (QED) is 0.819. The van der Waals surface area contributed by atoms with Crippen LogP contribution in [0.5, 0.6) is 5.88 Å². The molecule has 1 atom stereocenters. The Hall–Kier alpha value is -3.62. The summed E-state index contributed by atoms with van der Waals surface area (Å²) in [5, 5.41) is 26.5. The van der Waals surface area contributed by atoms with Gasteiger partial charge in [-0.2, -0.15) is 15.3 Å². The van der Waals surface area contributed by atoms with Crippen LogP contribution in [0.2, 0.25) is 0 Å². The number of rotatable bonds is 4. The molecule has 1 N–H and O–H groups in total. The summed E-state index contributed by atoms with van der Waals surface area (Å²) in [7, 11) is 2.67. The molecule has 3 rings (SSSR count). The second-order valence-corrected chi connectivity index (χ2v) is 6.47. The Morgan fingerprint density at radius 1 is 0.964 bits per heavy atom. The fraction of sp³-hybridized carbons (Fsp3) is 0.263. The van der Waals surface area contributed by atoms with E-state index < -0.39 is 17.1 Å². The molecule has 1 unspecified atom stereocenters. The molecule has 144 valence electrons. The monoisotopic (exact) mass is 380 g/mol. The standard InChI is InChI=1S/C19H20N6O3/c1-12-11-14(9-10-15(12)22-20-13-7-5-4-6-8-13)21-23-16-17(26)24(2)19(28)25(3)18(16)27/h4-10,12,26H,11H2,1-3H3. The molecule has 9 heteroatoms. The summed E-state index contributed by atoms with van der Waals surface area (Å²) in [5.41, 5.74) is 0.581. The molecule has 0 aliphatic heterocycles. The number of azo groups is 2. The van der Waals surface area contributed by atoms with Gasteiger partial charge in [0.2, 0.25) is 11.6 Å². The van der Waals surface area contributed by atoms with Crippen LogP contribution >= 0.6 is 0 Å². The lowest BCUT2D eigenvalue weighted by molar-refractivity contribution is 0.413. The van der Waals surface area contributed by atoms with E-state index in [1.165, 1.54) is 14.1 Å². The second-order valence-electron chi connectivity index (χ2n) is 6.47. The summed E-state index contributed by atoms with van der Waals surface area (Å²) in [5.74, 6) is -0.461. The van der Waals surface area contributed by atoms with Crippen molar-refractivity contribution < 1.29 is 5.11 Å². The highest BCUT2D eigenvalue weighted by Gasteiger charge is 2.17. The minimum atomic E-state index is -0.707. The van der Waals surface area contributed by atoms with Gasteiger partial charge in [-0.3, -0.25) is 13.9 Å². The van der Waals surface area contributed by atoms with Crippen LogP contribution in [0.1, 0.15) is 13.3 Å². The number of aromatic nitrogens is 2. The fourth-order valence-electron chi connectivity index (χ4n) is 2.67. The lowest BCUT2D eigenvalue weighted by Gasteiger charge is -2.15. The molecule has 1 aliphatic rings. The molecule has 9 nitrogen and oxygen atoms in total. The van der Waals surface area contributed by atoms with Crippen molar-refractivity contribution >= 4 is 11.4 Å². The third-order valence-electron chi connectivity index (χ3n) is 4.39. The smallest absolute Gasteiger partial charge is 0.333 e. The number of benzene rings is 1. The average molecular weight is 380 g/mol. The van der Waals surface area contributed by atoms with Crippen molar-refractivity contribution in [3.05, 3.63) is 74.7 Å². The van der Waals surface area contributed by atoms with Gasteiger partial charge in [0, 0.05) is 20.0 Å². The molecule has 1 aliphatic carbocycles. The van der Waals surface area contributed by atoms with Crippen molar-refractivity contribution in [1.29, 1.82) is 0 Å². The van der Waals surface area contributed by atoms with Crippen molar-refractivity contribution in [3.8, 4) is 5.88 Å². The summed E-state index contributed by atoms with van der Waals surface area (Å²) in [6, 6.07) is 9.44. The maximum absolute atomic E-state index is 12.1. The third-order valence-corrected chi connectivity index (χ3v) is 4.39. The van der Waals surface area contributed by atoms with Crippen LogP contribution in [0.25, 0.3) is 0 Å². The van der Waals surface area contributed by atoms with Crippen molar-refractivity contribution in [2.75, 3.05) is 0 Å². The minimum absolute atomic E-state index is 0.0583. The molecular weight excluding hydrogens is 360 g/mol. The molecule has 1 heterocycles. The minimum Gasteiger partial charge on any atom is -0.493 e. The van der Waals surface area contributed by atoms with E-state index in [1.54, 1.807) is 12.2 Å². The van der Waals surface area contributed by atoms with Crippen LogP contribution in [0, 0.1) is 5.92 Å². The number of hydrogen-bond acceptors (Lipinski definition) is 7. The summed E-state index contributed by atoms with van der Waals surface area (Å²) < 4.78 is 1.81. The highest BCUT2D eigenvalue weighted by molar-refractivity contribution is 5.44. The molecule has 0 radical (unpaired) electrons. The van der Waals surface area contributed by atoms with Crippen molar-refractivity contribution in [2.45, 2.75) is 13.3 Å². The third kappa shape index (κ3) is 3.88. The zero-order valence-corrected chi connectivity index (χ0v) is 15.8. The average Bonchev–Trinajstić information content (AvgIpc) is 2.71. The predicted molar refractivity (Wildman–Crippen MR) is 104 cm³/mol. The number of hydrogen-bond donors (Lipinski definition) is 1. The fourth-order valence-corrected chi connectivity index (χ4v) is 2.67. The maximum atomic E-state index is 12.1. The molecule has 0 spiro atoms. The first-order chi connectivity index (χ1) is 13.4. The van der Waals surface area contributed by atoms with Gasteiger partial charge in [-0.1, -0.05) is 25.1 Å². The highest BCUT2D eigenvalue weighted by atomic mass is 16.3. The SMILES string of the molecule is CC1CC(N=Nc2c(O)n(C)c(=O)n(C)c2=O)=CC=C1N=Nc1ccccc1. The van der Waals surface area contributed by atoms with Crippen LogP contribution in [-0.4, -0.2) is 14.2 Å². The Kier molecular flexibility index (Phi) is 5.44. The van der Waals surface area contributed by atoms with E-state index in [9.17, 15) is 14.7 Å². The van der Waals surface area contributed by atoms with Crippen LogP contribution in [0.3, 0.4) is 0 Å². The Labute approximate surface area is 160 Å². The number of aromatic hydroxyl groups is 1. The van der Waals surface area contributed by atoms with Crippen molar-refractivity contribution in [3.63, 3.8) is 0 Å². The predicted octanol–water partition coefficient (Wildman–Crippen LogP) is 3.46. The van der Waals surface area contributed by atoms with Gasteiger partial charge >= 0.3 is 5.69 Å². The van der Waals surface area contributed by atoms with Crippen molar-refractivity contribution in [1.82, 2.24) is 9.13 Å². The summed E-state index contributed by atoms with van der Waals surface area (Å²) in [6.45, 7) is 1.99. The van der Waals surface area contributed by atoms with Gasteiger partial charge in [0.1, 0.15) is 0 Å². The van der Waals surface area contributed by atoms with E-state index in [-0.39, 0.29) is 11.6 Å². The molecule has 0 saturated heterocycles. The summed E-state index contributed by atoms with van der Waals surface area (Å²) in [6.07, 6.45) is 4.09. The second kappa shape index (κ2) is 7.95. The lowest BCUT2D eigenvalue weighted by Crippen LogP contribution is -2.36. The molecule has 0 bridgehead atoms. The van der Waals surface area contributed by atoms with Crippen molar-refractivity contribution in [2.24, 2.45) is 40.5 Å². The summed E-state index contributed by atoms with van der Waals surface area (Å²) >= 11 is 0. The van der Waals surface area contributed by atoms with E-state index in [2.05, 4.69) is 20.5 Å². The zero-order valence-electron chi connectivity index (χ0n) is 15.8. The van der Waals surface area contributed by atoms with Gasteiger partial charge in [-0.05, 0) is 30.7 Å². The van der Waals surface area contributed by atoms with Gasteiger partial charge in [0.15, 0.2) is 0 Å². The Morgan fingerprint density at radius 2 is 1.68 bits per heavy atom. The van der Waals surface area contributed by atoms with Gasteiger partial charge in [-0.25, -0.2) is 4.79 Å². The highest BCUT2D eigenvalue weighted by Crippen LogP contribution is 2.29. The lowest BCUT2D eigenvalue weighted by atomic mass is 9.97. The zero-order chi connectivity index (χ0) is 20.3. The molecule has 28 heavy (non-hydrogen) atoms. The van der Waals surface area contributed by atoms with E-state index in [0.29, 0.717) is 12.1 Å². The van der Waals surface area contributed by atoms with E-state index in [0.717, 1.165) is 20.5 Å². The van der Waals surface area contributed by atoms with Gasteiger partial charge in [0.05, 0.1) is 17.1 Å². The van der Waals surface area contributed by atoms with Gasteiger partial charge < -0.3 is 5.11 Å². The number of allylic oxidation sites excluding steroid dienone is 4. The first-order valence-corrected chi connectivity index (χ1v) is 8.66. The molecule has 0 saturated carbocycles. The van der Waals surface area contributed by atoms with Crippen LogP contribution in [-0.2, 0) is 14.1 Å².